The molecule has 1 aromatic carbocycles. The molecule has 0 radical (unpaired) electrons. The lowest BCUT2D eigenvalue weighted by Gasteiger charge is -2.29. The highest BCUT2D eigenvalue weighted by molar-refractivity contribution is 5.96. The molecule has 1 aromatic rings. The summed E-state index contributed by atoms with van der Waals surface area (Å²) in [5, 5.41) is 3.13. The molecule has 0 atom stereocenters. The number of hydrogen-bond acceptors (Lipinski definition) is 3. The van der Waals surface area contributed by atoms with Gasteiger partial charge in [0.1, 0.15) is 11.6 Å². The van der Waals surface area contributed by atoms with Crippen LogP contribution in [0.2, 0.25) is 0 Å². The fourth-order valence-electron chi connectivity index (χ4n) is 2.19. The molecule has 2 rings (SSSR count). The van der Waals surface area contributed by atoms with E-state index in [1.54, 1.807) is 4.90 Å². The summed E-state index contributed by atoms with van der Waals surface area (Å²) in [6, 6.07) is 2.61. The maximum absolute atomic E-state index is 13.1. The first-order valence-electron chi connectivity index (χ1n) is 6.67. The number of carbonyl (C=O) groups is 2. The summed E-state index contributed by atoms with van der Waals surface area (Å²) < 4.78 is 26.2. The Labute approximate surface area is 121 Å². The van der Waals surface area contributed by atoms with E-state index in [2.05, 4.69) is 5.32 Å². The molecule has 1 N–H and O–H groups in total. The van der Waals surface area contributed by atoms with Crippen LogP contribution >= 0.6 is 0 Å². The molecule has 0 aromatic heterocycles. The van der Waals surface area contributed by atoms with Gasteiger partial charge in [0, 0.05) is 44.9 Å². The van der Waals surface area contributed by atoms with Crippen molar-refractivity contribution in [3.8, 4) is 0 Å². The van der Waals surface area contributed by atoms with Gasteiger partial charge in [-0.2, -0.15) is 0 Å². The van der Waals surface area contributed by atoms with Crippen LogP contribution in [0.25, 0.3) is 0 Å². The molecular weight excluding hydrogens is 280 g/mol. The molecule has 0 saturated carbocycles. The first-order valence-corrected chi connectivity index (χ1v) is 6.67. The summed E-state index contributed by atoms with van der Waals surface area (Å²) in [6.45, 7) is 2.51. The van der Waals surface area contributed by atoms with Crippen molar-refractivity contribution in [1.82, 2.24) is 15.1 Å². The third-order valence-corrected chi connectivity index (χ3v) is 3.30. The normalized spacial score (nSPS) is 14.9. The summed E-state index contributed by atoms with van der Waals surface area (Å²) in [7, 11) is 1.44. The van der Waals surface area contributed by atoms with Gasteiger partial charge < -0.3 is 15.1 Å². The van der Waals surface area contributed by atoms with Crippen LogP contribution in [0, 0.1) is 11.6 Å². The van der Waals surface area contributed by atoms with E-state index in [-0.39, 0.29) is 18.0 Å². The van der Waals surface area contributed by atoms with Gasteiger partial charge in [0.15, 0.2) is 0 Å². The Bertz CT molecular complexity index is 525. The van der Waals surface area contributed by atoms with Crippen LogP contribution in [-0.2, 0) is 4.79 Å². The molecule has 21 heavy (non-hydrogen) atoms. The van der Waals surface area contributed by atoms with Gasteiger partial charge in [-0.1, -0.05) is 0 Å². The molecule has 1 saturated heterocycles. The van der Waals surface area contributed by atoms with E-state index < -0.39 is 17.5 Å². The summed E-state index contributed by atoms with van der Waals surface area (Å²) in [5.41, 5.74) is -0.108. The molecule has 0 unspecified atom stereocenters. The van der Waals surface area contributed by atoms with Gasteiger partial charge >= 0.3 is 0 Å². The highest BCUT2D eigenvalue weighted by Crippen LogP contribution is 2.10. The van der Waals surface area contributed by atoms with Gasteiger partial charge in [0.2, 0.25) is 5.91 Å². The highest BCUT2D eigenvalue weighted by Gasteiger charge is 2.21. The third kappa shape index (κ3) is 3.98. The van der Waals surface area contributed by atoms with E-state index in [9.17, 15) is 18.4 Å². The maximum Gasteiger partial charge on any atom is 0.254 e. The Morgan fingerprint density at radius 3 is 2.33 bits per heavy atom. The van der Waals surface area contributed by atoms with Crippen LogP contribution in [0.3, 0.4) is 0 Å². The van der Waals surface area contributed by atoms with E-state index in [0.29, 0.717) is 19.2 Å². The Morgan fingerprint density at radius 1 is 1.19 bits per heavy atom. The number of benzene rings is 1. The van der Waals surface area contributed by atoms with Crippen molar-refractivity contribution in [3.05, 3.63) is 35.4 Å². The lowest BCUT2D eigenvalue weighted by atomic mass is 10.2. The van der Waals surface area contributed by atoms with Crippen LogP contribution in [0.4, 0.5) is 8.78 Å². The van der Waals surface area contributed by atoms with E-state index in [4.69, 9.17) is 0 Å². The van der Waals surface area contributed by atoms with Crippen molar-refractivity contribution < 1.29 is 18.4 Å². The molecule has 0 bridgehead atoms. The minimum absolute atomic E-state index is 0.108. The van der Waals surface area contributed by atoms with Gasteiger partial charge in [-0.15, -0.1) is 0 Å². The van der Waals surface area contributed by atoms with E-state index in [0.717, 1.165) is 25.2 Å². The smallest absolute Gasteiger partial charge is 0.254 e. The van der Waals surface area contributed by atoms with Crippen LogP contribution < -0.4 is 5.32 Å². The standard InChI is InChI=1S/C14H17F2N3O2/c1-18(9-13(20)19-4-2-17-3-5-19)14(21)10-6-11(15)8-12(16)7-10/h6-8,17H,2-5,9H2,1H3. The summed E-state index contributed by atoms with van der Waals surface area (Å²) in [4.78, 5) is 26.9. The topological polar surface area (TPSA) is 52.7 Å². The molecule has 7 heteroatoms. The number of halogens is 2. The predicted molar refractivity (Wildman–Crippen MR) is 72.8 cm³/mol. The number of nitrogens with zero attached hydrogens (tertiary/aromatic N) is 2. The predicted octanol–water partition coefficient (Wildman–Crippen LogP) is 0.469. The first-order chi connectivity index (χ1) is 9.97. The van der Waals surface area contributed by atoms with Crippen LogP contribution in [-0.4, -0.2) is 61.4 Å². The lowest BCUT2D eigenvalue weighted by Crippen LogP contribution is -2.49. The van der Waals surface area contributed by atoms with Crippen molar-refractivity contribution >= 4 is 11.8 Å². The van der Waals surface area contributed by atoms with Gasteiger partial charge in [0.25, 0.3) is 5.91 Å². The quantitative estimate of drug-likeness (QED) is 0.882. The Morgan fingerprint density at radius 2 is 1.76 bits per heavy atom. The molecular formula is C14H17F2N3O2. The van der Waals surface area contributed by atoms with Crippen molar-refractivity contribution in [3.63, 3.8) is 0 Å². The monoisotopic (exact) mass is 297 g/mol. The molecule has 1 fully saturated rings. The van der Waals surface area contributed by atoms with Crippen molar-refractivity contribution in [2.24, 2.45) is 0 Å². The number of rotatable bonds is 3. The van der Waals surface area contributed by atoms with E-state index >= 15 is 0 Å². The van der Waals surface area contributed by atoms with Crippen molar-refractivity contribution in [2.75, 3.05) is 39.8 Å². The molecule has 114 valence electrons. The molecule has 1 heterocycles. The number of nitrogens with one attached hydrogen (secondary N) is 1. The Hall–Kier alpha value is -2.02. The average molecular weight is 297 g/mol. The second kappa shape index (κ2) is 6.62. The zero-order chi connectivity index (χ0) is 15.4. The van der Waals surface area contributed by atoms with E-state index in [1.807, 2.05) is 0 Å². The second-order valence-electron chi connectivity index (χ2n) is 4.95. The largest absolute Gasteiger partial charge is 0.339 e. The Balaban J connectivity index is 2.00. The fraction of sp³-hybridized carbons (Fsp3) is 0.429. The molecule has 0 spiro atoms. The van der Waals surface area contributed by atoms with Gasteiger partial charge in [-0.25, -0.2) is 8.78 Å². The number of amides is 2. The third-order valence-electron chi connectivity index (χ3n) is 3.30. The SMILES string of the molecule is CN(CC(=O)N1CCNCC1)C(=O)c1cc(F)cc(F)c1. The van der Waals surface area contributed by atoms with Crippen molar-refractivity contribution in [1.29, 1.82) is 0 Å². The van der Waals surface area contributed by atoms with Gasteiger partial charge in [0.05, 0.1) is 6.54 Å². The van der Waals surface area contributed by atoms with Crippen molar-refractivity contribution in [2.45, 2.75) is 0 Å². The molecule has 1 aliphatic rings. The van der Waals surface area contributed by atoms with Crippen LogP contribution in [0.5, 0.6) is 0 Å². The minimum Gasteiger partial charge on any atom is -0.339 e. The number of carbonyl (C=O) groups excluding carboxylic acids is 2. The molecule has 5 nitrogen and oxygen atoms in total. The fourth-order valence-corrected chi connectivity index (χ4v) is 2.19. The highest BCUT2D eigenvalue weighted by atomic mass is 19.1. The van der Waals surface area contributed by atoms with E-state index in [1.165, 1.54) is 11.9 Å². The second-order valence-corrected chi connectivity index (χ2v) is 4.95. The molecule has 2 amide bonds. The Kier molecular flexibility index (Phi) is 4.85. The van der Waals surface area contributed by atoms with Gasteiger partial charge in [-0.05, 0) is 12.1 Å². The minimum atomic E-state index is -0.819. The molecule has 1 aliphatic heterocycles. The number of likely N-dealkylation sites (N-methyl/N-ethyl adjacent to an activating group) is 1. The lowest BCUT2D eigenvalue weighted by molar-refractivity contribution is -0.132. The van der Waals surface area contributed by atoms with Crippen LogP contribution in [0.1, 0.15) is 10.4 Å². The van der Waals surface area contributed by atoms with Gasteiger partial charge in [-0.3, -0.25) is 9.59 Å². The number of piperazine rings is 1. The zero-order valence-corrected chi connectivity index (χ0v) is 11.7. The first kappa shape index (κ1) is 15.4. The maximum atomic E-state index is 13.1. The molecule has 0 aliphatic carbocycles. The summed E-state index contributed by atoms with van der Waals surface area (Å²) in [6.07, 6.45) is 0. The zero-order valence-electron chi connectivity index (χ0n) is 11.7. The average Bonchev–Trinajstić information content (AvgIpc) is 2.46. The van der Waals surface area contributed by atoms with Crippen LogP contribution in [0.15, 0.2) is 18.2 Å². The number of hydrogen-bond donors (Lipinski definition) is 1. The summed E-state index contributed by atoms with van der Waals surface area (Å²) >= 11 is 0. The summed E-state index contributed by atoms with van der Waals surface area (Å²) in [5.74, 6) is -2.40.